The van der Waals surface area contributed by atoms with E-state index in [1.807, 2.05) is 6.92 Å². The van der Waals surface area contributed by atoms with Gasteiger partial charge in [0.05, 0.1) is 5.83 Å². The van der Waals surface area contributed by atoms with E-state index in [0.717, 1.165) is 12.8 Å². The largest absolute Gasteiger partial charge is 0.212 e. The lowest BCUT2D eigenvalue weighted by Crippen LogP contribution is -2.06. The minimum absolute atomic E-state index is 0.0914. The Hall–Kier alpha value is -0.330. The number of allylic oxidation sites excluding steroid dienone is 2. The van der Waals surface area contributed by atoms with Gasteiger partial charge >= 0.3 is 0 Å². The van der Waals surface area contributed by atoms with Crippen molar-refractivity contribution in [2.75, 3.05) is 0 Å². The lowest BCUT2D eigenvalue weighted by molar-refractivity contribution is 0.394. The van der Waals surface area contributed by atoms with E-state index in [0.29, 0.717) is 5.92 Å². The summed E-state index contributed by atoms with van der Waals surface area (Å²) in [5, 5.41) is 0. The molecule has 1 aliphatic carbocycles. The Labute approximate surface area is 55.8 Å². The third-order valence-corrected chi connectivity index (χ3v) is 1.97. The highest BCUT2D eigenvalue weighted by molar-refractivity contribution is 5.02. The molecule has 0 fully saturated rings. The van der Waals surface area contributed by atoms with E-state index in [-0.39, 0.29) is 11.7 Å². The smallest absolute Gasteiger partial charge is 0.0990 e. The maximum atomic E-state index is 12.7. The van der Waals surface area contributed by atoms with Crippen LogP contribution in [0, 0.1) is 11.8 Å². The molecule has 0 spiro atoms. The van der Waals surface area contributed by atoms with Gasteiger partial charge < -0.3 is 0 Å². The molecule has 0 N–H and O–H groups in total. The second-order valence-electron chi connectivity index (χ2n) is 3.01. The zero-order valence-electron chi connectivity index (χ0n) is 6.02. The Balaban J connectivity index is 2.61. The third-order valence-electron chi connectivity index (χ3n) is 1.97. The number of hydrogen-bond acceptors (Lipinski definition) is 0. The molecular formula is C8H13F. The Morgan fingerprint density at radius 1 is 1.44 bits per heavy atom. The Morgan fingerprint density at radius 2 is 2.11 bits per heavy atom. The van der Waals surface area contributed by atoms with Crippen molar-refractivity contribution in [2.45, 2.75) is 26.7 Å². The molecule has 0 aliphatic heterocycles. The summed E-state index contributed by atoms with van der Waals surface area (Å²) in [5.74, 6) is 0.733. The van der Waals surface area contributed by atoms with E-state index in [9.17, 15) is 4.39 Å². The van der Waals surface area contributed by atoms with Gasteiger partial charge in [-0.15, -0.1) is 0 Å². The lowest BCUT2D eigenvalue weighted by Gasteiger charge is -2.18. The fourth-order valence-corrected chi connectivity index (χ4v) is 1.17. The van der Waals surface area contributed by atoms with Crippen LogP contribution in [-0.4, -0.2) is 0 Å². The van der Waals surface area contributed by atoms with Crippen LogP contribution >= 0.6 is 0 Å². The van der Waals surface area contributed by atoms with Crippen LogP contribution in [0.15, 0.2) is 11.9 Å². The van der Waals surface area contributed by atoms with E-state index >= 15 is 0 Å². The first-order valence-electron chi connectivity index (χ1n) is 3.57. The molecule has 0 aromatic heterocycles. The Bertz CT molecular complexity index is 127. The van der Waals surface area contributed by atoms with E-state index in [1.165, 1.54) is 0 Å². The van der Waals surface area contributed by atoms with Gasteiger partial charge in [-0.05, 0) is 24.8 Å². The summed E-state index contributed by atoms with van der Waals surface area (Å²) in [6, 6.07) is 0. The Kier molecular flexibility index (Phi) is 1.89. The molecule has 1 heteroatoms. The van der Waals surface area contributed by atoms with E-state index in [4.69, 9.17) is 0 Å². The third kappa shape index (κ3) is 1.54. The predicted octanol–water partition coefficient (Wildman–Crippen LogP) is 2.91. The van der Waals surface area contributed by atoms with Crippen molar-refractivity contribution in [3.05, 3.63) is 11.9 Å². The molecule has 0 saturated heterocycles. The molecule has 0 radical (unpaired) electrons. The summed E-state index contributed by atoms with van der Waals surface area (Å²) < 4.78 is 12.7. The van der Waals surface area contributed by atoms with Gasteiger partial charge in [-0.25, -0.2) is 4.39 Å². The van der Waals surface area contributed by atoms with Gasteiger partial charge in [0.25, 0.3) is 0 Å². The van der Waals surface area contributed by atoms with Crippen LogP contribution in [0.2, 0.25) is 0 Å². The van der Waals surface area contributed by atoms with E-state index in [1.54, 1.807) is 6.08 Å². The molecule has 1 rings (SSSR count). The summed E-state index contributed by atoms with van der Waals surface area (Å²) >= 11 is 0. The van der Waals surface area contributed by atoms with Crippen LogP contribution in [-0.2, 0) is 0 Å². The van der Waals surface area contributed by atoms with Crippen molar-refractivity contribution in [3.63, 3.8) is 0 Å². The fraction of sp³-hybridized carbons (Fsp3) is 0.750. The fourth-order valence-electron chi connectivity index (χ4n) is 1.17. The minimum Gasteiger partial charge on any atom is -0.212 e. The number of hydrogen-bond donors (Lipinski definition) is 0. The SMILES string of the molecule is CC1C=C(F)C(C)CC1. The summed E-state index contributed by atoms with van der Waals surface area (Å²) in [4.78, 5) is 0. The minimum atomic E-state index is 0.0914. The molecule has 0 nitrogen and oxygen atoms in total. The number of rotatable bonds is 0. The second kappa shape index (κ2) is 2.51. The van der Waals surface area contributed by atoms with Gasteiger partial charge in [0.2, 0.25) is 0 Å². The molecule has 1 aliphatic rings. The molecule has 0 aromatic carbocycles. The van der Waals surface area contributed by atoms with Gasteiger partial charge in [0.1, 0.15) is 0 Å². The van der Waals surface area contributed by atoms with Crippen LogP contribution in [0.1, 0.15) is 26.7 Å². The predicted molar refractivity (Wildman–Crippen MR) is 36.8 cm³/mol. The van der Waals surface area contributed by atoms with Gasteiger partial charge in [0.15, 0.2) is 0 Å². The first-order chi connectivity index (χ1) is 4.20. The van der Waals surface area contributed by atoms with Crippen LogP contribution in [0.3, 0.4) is 0 Å². The van der Waals surface area contributed by atoms with Crippen molar-refractivity contribution in [2.24, 2.45) is 11.8 Å². The first-order valence-corrected chi connectivity index (χ1v) is 3.57. The molecule has 0 heterocycles. The van der Waals surface area contributed by atoms with Crippen LogP contribution in [0.4, 0.5) is 4.39 Å². The van der Waals surface area contributed by atoms with Gasteiger partial charge in [-0.2, -0.15) is 0 Å². The molecular weight excluding hydrogens is 115 g/mol. The van der Waals surface area contributed by atoms with Crippen LogP contribution in [0.25, 0.3) is 0 Å². The second-order valence-corrected chi connectivity index (χ2v) is 3.01. The molecule has 2 atom stereocenters. The van der Waals surface area contributed by atoms with Gasteiger partial charge in [-0.3, -0.25) is 0 Å². The molecule has 0 aromatic rings. The molecule has 0 saturated carbocycles. The normalized spacial score (nSPS) is 36.1. The average molecular weight is 128 g/mol. The first kappa shape index (κ1) is 6.79. The van der Waals surface area contributed by atoms with Gasteiger partial charge in [0, 0.05) is 5.92 Å². The molecule has 9 heavy (non-hydrogen) atoms. The van der Waals surface area contributed by atoms with Gasteiger partial charge in [-0.1, -0.05) is 13.8 Å². The quantitative estimate of drug-likeness (QED) is 0.470. The van der Waals surface area contributed by atoms with E-state index in [2.05, 4.69) is 6.92 Å². The van der Waals surface area contributed by atoms with Crippen molar-refractivity contribution in [3.8, 4) is 0 Å². The van der Waals surface area contributed by atoms with Crippen molar-refractivity contribution in [1.29, 1.82) is 0 Å². The summed E-state index contributed by atoms with van der Waals surface area (Å²) in [7, 11) is 0. The van der Waals surface area contributed by atoms with Crippen molar-refractivity contribution in [1.82, 2.24) is 0 Å². The van der Waals surface area contributed by atoms with Crippen molar-refractivity contribution < 1.29 is 4.39 Å². The van der Waals surface area contributed by atoms with Crippen LogP contribution in [0.5, 0.6) is 0 Å². The highest BCUT2D eigenvalue weighted by Crippen LogP contribution is 2.27. The molecule has 0 bridgehead atoms. The monoisotopic (exact) mass is 128 g/mol. The zero-order valence-corrected chi connectivity index (χ0v) is 6.02. The standard InChI is InChI=1S/C8H13F/c1-6-3-4-7(2)8(9)5-6/h5-7H,3-4H2,1-2H3. The summed E-state index contributed by atoms with van der Waals surface area (Å²) in [6.45, 7) is 4.00. The average Bonchev–Trinajstić information content (AvgIpc) is 1.80. The molecule has 0 amide bonds. The van der Waals surface area contributed by atoms with Crippen LogP contribution < -0.4 is 0 Å². The number of halogens is 1. The lowest BCUT2D eigenvalue weighted by atomic mass is 9.90. The highest BCUT2D eigenvalue weighted by Gasteiger charge is 2.15. The van der Waals surface area contributed by atoms with Crippen molar-refractivity contribution >= 4 is 0 Å². The molecule has 52 valence electrons. The zero-order chi connectivity index (χ0) is 6.85. The van der Waals surface area contributed by atoms with E-state index < -0.39 is 0 Å². The topological polar surface area (TPSA) is 0 Å². The molecule has 2 unspecified atom stereocenters. The maximum absolute atomic E-state index is 12.7. The Morgan fingerprint density at radius 3 is 2.56 bits per heavy atom. The summed E-state index contributed by atoms with van der Waals surface area (Å²) in [5.41, 5.74) is 0. The summed E-state index contributed by atoms with van der Waals surface area (Å²) in [6.07, 6.45) is 3.91. The highest BCUT2D eigenvalue weighted by atomic mass is 19.1. The maximum Gasteiger partial charge on any atom is 0.0990 e.